The highest BCUT2D eigenvalue weighted by Crippen LogP contribution is 2.53. The van der Waals surface area contributed by atoms with Crippen molar-refractivity contribution in [2.45, 2.75) is 19.3 Å². The van der Waals surface area contributed by atoms with Crippen LogP contribution in [0.25, 0.3) is 73.0 Å². The zero-order valence-corrected chi connectivity index (χ0v) is 36.5. The number of hydrogen-bond donors (Lipinski definition) is 0. The van der Waals surface area contributed by atoms with E-state index in [0.29, 0.717) is 0 Å². The number of rotatable bonds is 6. The molecular formula is C59H40N2S2. The van der Waals surface area contributed by atoms with E-state index in [4.69, 9.17) is 0 Å². The zero-order valence-electron chi connectivity index (χ0n) is 34.8. The summed E-state index contributed by atoms with van der Waals surface area (Å²) >= 11 is 3.73. The maximum Gasteiger partial charge on any atom is 0.0476 e. The highest BCUT2D eigenvalue weighted by atomic mass is 32.1. The number of thiophene rings is 2. The van der Waals surface area contributed by atoms with E-state index < -0.39 is 0 Å². The number of para-hydroxylation sites is 2. The first-order valence-corrected chi connectivity index (χ1v) is 23.3. The number of anilines is 6. The van der Waals surface area contributed by atoms with Gasteiger partial charge in [-0.3, -0.25) is 0 Å². The second-order valence-corrected chi connectivity index (χ2v) is 19.5. The quantitative estimate of drug-likeness (QED) is 0.154. The van der Waals surface area contributed by atoms with Crippen LogP contribution in [0.5, 0.6) is 0 Å². The summed E-state index contributed by atoms with van der Waals surface area (Å²) in [6.07, 6.45) is 0. The standard InChI is InChI=1S/C59H40N2S2/c1-59(2)52-21-13-20-48-49-33-40(60(38-14-5-3-6-15-38)41-28-31-56-50(34-41)46-19-10-12-23-55(46)62-56)25-24-37(49)32-51(58(48)52)44-29-26-42(35-53(44)59)61(39-16-7-4-8-17-39)43-27-30-47-45-18-9-11-22-54(45)63-57(47)36-43/h3-36H,1-2H3. The van der Waals surface area contributed by atoms with Crippen LogP contribution < -0.4 is 9.80 Å². The van der Waals surface area contributed by atoms with E-state index >= 15 is 0 Å². The highest BCUT2D eigenvalue weighted by molar-refractivity contribution is 7.26. The van der Waals surface area contributed by atoms with E-state index in [1.54, 1.807) is 0 Å². The Morgan fingerprint density at radius 3 is 1.57 bits per heavy atom. The van der Waals surface area contributed by atoms with Gasteiger partial charge >= 0.3 is 0 Å². The van der Waals surface area contributed by atoms with Gasteiger partial charge in [0.25, 0.3) is 0 Å². The monoisotopic (exact) mass is 840 g/mol. The molecule has 0 aliphatic heterocycles. The van der Waals surface area contributed by atoms with E-state index in [1.165, 1.54) is 84.1 Å². The Balaban J connectivity index is 0.969. The Morgan fingerprint density at radius 2 is 0.841 bits per heavy atom. The third-order valence-corrected chi connectivity index (χ3v) is 15.7. The summed E-state index contributed by atoms with van der Waals surface area (Å²) in [5, 5.41) is 10.4. The molecule has 0 saturated heterocycles. The van der Waals surface area contributed by atoms with Crippen molar-refractivity contribution in [1.29, 1.82) is 0 Å². The summed E-state index contributed by atoms with van der Waals surface area (Å²) < 4.78 is 5.25. The Hall–Kier alpha value is -7.24. The molecule has 0 fully saturated rings. The molecule has 1 aliphatic rings. The molecule has 0 atom stereocenters. The lowest BCUT2D eigenvalue weighted by Gasteiger charge is -2.37. The third-order valence-electron chi connectivity index (χ3n) is 13.4. The predicted molar refractivity (Wildman–Crippen MR) is 274 cm³/mol. The Kier molecular flexibility index (Phi) is 8.03. The first-order chi connectivity index (χ1) is 31.0. The van der Waals surface area contributed by atoms with Crippen molar-refractivity contribution in [3.8, 4) is 11.1 Å². The van der Waals surface area contributed by atoms with Crippen molar-refractivity contribution in [3.05, 3.63) is 217 Å². The van der Waals surface area contributed by atoms with Gasteiger partial charge in [-0.15, -0.1) is 22.7 Å². The van der Waals surface area contributed by atoms with Gasteiger partial charge in [-0.25, -0.2) is 0 Å². The topological polar surface area (TPSA) is 6.48 Å². The normalized spacial score (nSPS) is 13.0. The van der Waals surface area contributed by atoms with Gasteiger partial charge in [0.05, 0.1) is 0 Å². The Labute approximate surface area is 374 Å². The van der Waals surface area contributed by atoms with Crippen molar-refractivity contribution in [1.82, 2.24) is 0 Å². The first-order valence-electron chi connectivity index (χ1n) is 21.7. The van der Waals surface area contributed by atoms with Gasteiger partial charge in [0.15, 0.2) is 0 Å². The molecule has 0 amide bonds. The fourth-order valence-corrected chi connectivity index (χ4v) is 12.6. The van der Waals surface area contributed by atoms with Crippen LogP contribution in [-0.4, -0.2) is 0 Å². The van der Waals surface area contributed by atoms with Gasteiger partial charge in [-0.1, -0.05) is 123 Å². The van der Waals surface area contributed by atoms with E-state index in [1.807, 2.05) is 22.7 Å². The van der Waals surface area contributed by atoms with Gasteiger partial charge in [-0.2, -0.15) is 0 Å². The number of fused-ring (bicyclic) bond motifs is 10. The molecule has 2 aromatic heterocycles. The van der Waals surface area contributed by atoms with Crippen LogP contribution >= 0.6 is 22.7 Å². The summed E-state index contributed by atoms with van der Waals surface area (Å²) in [7, 11) is 0. The molecule has 0 N–H and O–H groups in total. The van der Waals surface area contributed by atoms with Crippen LogP contribution in [0.3, 0.4) is 0 Å². The molecule has 0 bridgehead atoms. The average Bonchev–Trinajstić information content (AvgIpc) is 3.89. The van der Waals surface area contributed by atoms with Crippen molar-refractivity contribution in [2.75, 3.05) is 9.80 Å². The maximum absolute atomic E-state index is 2.46. The van der Waals surface area contributed by atoms with Gasteiger partial charge in [-0.05, 0) is 141 Å². The minimum Gasteiger partial charge on any atom is -0.310 e. The van der Waals surface area contributed by atoms with Gasteiger partial charge in [0, 0.05) is 79.9 Å². The van der Waals surface area contributed by atoms with Gasteiger partial charge in [0.2, 0.25) is 0 Å². The van der Waals surface area contributed by atoms with E-state index in [-0.39, 0.29) is 5.41 Å². The van der Waals surface area contributed by atoms with Crippen LogP contribution in [0, 0.1) is 0 Å². The molecule has 4 heteroatoms. The molecule has 1 aliphatic carbocycles. The number of hydrogen-bond acceptors (Lipinski definition) is 4. The molecule has 13 rings (SSSR count). The molecule has 63 heavy (non-hydrogen) atoms. The molecule has 298 valence electrons. The molecular weight excluding hydrogens is 801 g/mol. The van der Waals surface area contributed by atoms with Crippen LogP contribution in [0.4, 0.5) is 34.1 Å². The van der Waals surface area contributed by atoms with E-state index in [0.717, 1.165) is 34.1 Å². The molecule has 0 radical (unpaired) electrons. The summed E-state index contributed by atoms with van der Waals surface area (Å²) in [5.74, 6) is 0. The molecule has 0 unspecified atom stereocenters. The third kappa shape index (κ3) is 5.62. The fourth-order valence-electron chi connectivity index (χ4n) is 10.4. The maximum atomic E-state index is 2.46. The molecule has 2 heterocycles. The highest BCUT2D eigenvalue weighted by Gasteiger charge is 2.35. The minimum atomic E-state index is -0.254. The summed E-state index contributed by atoms with van der Waals surface area (Å²) in [6, 6.07) is 76.6. The second-order valence-electron chi connectivity index (χ2n) is 17.3. The van der Waals surface area contributed by atoms with Crippen LogP contribution in [0.15, 0.2) is 206 Å². The molecule has 0 spiro atoms. The summed E-state index contributed by atoms with van der Waals surface area (Å²) in [4.78, 5) is 4.84. The SMILES string of the molecule is CC1(C)c2cc(N(c3ccccc3)c3ccc4c(c3)sc3ccccc34)ccc2-c2cc3ccc(N(c4ccccc4)c4ccc5sc6ccccc6c5c4)cc3c3cccc1c23. The van der Waals surface area contributed by atoms with Crippen molar-refractivity contribution in [2.24, 2.45) is 0 Å². The average molecular weight is 841 g/mol. The van der Waals surface area contributed by atoms with E-state index in [9.17, 15) is 0 Å². The molecule has 2 nitrogen and oxygen atoms in total. The van der Waals surface area contributed by atoms with Crippen LogP contribution in [0.2, 0.25) is 0 Å². The lowest BCUT2D eigenvalue weighted by molar-refractivity contribution is 0.645. The smallest absolute Gasteiger partial charge is 0.0476 e. The Morgan fingerprint density at radius 1 is 0.317 bits per heavy atom. The van der Waals surface area contributed by atoms with Gasteiger partial charge in [0.1, 0.15) is 0 Å². The molecule has 10 aromatic carbocycles. The van der Waals surface area contributed by atoms with E-state index in [2.05, 4.69) is 230 Å². The summed E-state index contributed by atoms with van der Waals surface area (Å²) in [5.41, 5.74) is 11.9. The fraction of sp³-hybridized carbons (Fsp3) is 0.0508. The van der Waals surface area contributed by atoms with Crippen LogP contribution in [0.1, 0.15) is 25.0 Å². The van der Waals surface area contributed by atoms with Crippen molar-refractivity contribution in [3.63, 3.8) is 0 Å². The second kappa shape index (κ2) is 13.9. The lowest BCUT2D eigenvalue weighted by Crippen LogP contribution is -2.24. The first kappa shape index (κ1) is 36.4. The van der Waals surface area contributed by atoms with Crippen molar-refractivity contribution < 1.29 is 0 Å². The molecule has 12 aromatic rings. The number of nitrogens with zero attached hydrogens (tertiary/aromatic N) is 2. The minimum absolute atomic E-state index is 0.254. The predicted octanol–water partition coefficient (Wildman–Crippen LogP) is 18.0. The zero-order chi connectivity index (χ0) is 41.8. The van der Waals surface area contributed by atoms with Crippen LogP contribution in [-0.2, 0) is 5.41 Å². The lowest BCUT2D eigenvalue weighted by atomic mass is 9.68. The molecule has 0 saturated carbocycles. The summed E-state index contributed by atoms with van der Waals surface area (Å²) in [6.45, 7) is 4.82. The van der Waals surface area contributed by atoms with Crippen molar-refractivity contribution >= 4 is 119 Å². The van der Waals surface area contributed by atoms with Gasteiger partial charge < -0.3 is 9.80 Å². The Bertz CT molecular complexity index is 3790. The number of benzene rings is 10. The largest absolute Gasteiger partial charge is 0.310 e.